The van der Waals surface area contributed by atoms with E-state index in [1.54, 1.807) is 13.1 Å². The summed E-state index contributed by atoms with van der Waals surface area (Å²) >= 11 is 0. The fraction of sp³-hybridized carbons (Fsp3) is 0.250. The largest absolute Gasteiger partial charge is 0.387 e. The normalized spacial score (nSPS) is 10.8. The van der Waals surface area contributed by atoms with Crippen molar-refractivity contribution in [1.82, 2.24) is 4.98 Å². The topological polar surface area (TPSA) is 34.1 Å². The lowest BCUT2D eigenvalue weighted by atomic mass is 10.1. The zero-order chi connectivity index (χ0) is 12.4. The van der Waals surface area contributed by atoms with Crippen molar-refractivity contribution in [1.29, 1.82) is 0 Å². The Morgan fingerprint density at radius 3 is 2.71 bits per heavy atom. The minimum Gasteiger partial charge on any atom is -0.387 e. The predicted octanol–water partition coefficient (Wildman–Crippen LogP) is 2.70. The molecular weight excluding hydrogens is 226 g/mol. The van der Waals surface area contributed by atoms with Crippen LogP contribution >= 0.6 is 0 Å². The Morgan fingerprint density at radius 2 is 2.06 bits per heavy atom. The molecule has 0 bridgehead atoms. The van der Waals surface area contributed by atoms with E-state index in [9.17, 15) is 8.78 Å². The van der Waals surface area contributed by atoms with E-state index in [0.29, 0.717) is 18.0 Å². The molecule has 0 atom stereocenters. The van der Waals surface area contributed by atoms with Crippen molar-refractivity contribution in [2.75, 3.05) is 19.5 Å². The van der Waals surface area contributed by atoms with Crippen LogP contribution in [0.25, 0.3) is 10.9 Å². The Morgan fingerprint density at radius 1 is 1.29 bits per heavy atom. The van der Waals surface area contributed by atoms with Gasteiger partial charge < -0.3 is 10.1 Å². The summed E-state index contributed by atoms with van der Waals surface area (Å²) in [4.78, 5) is 4.15. The summed E-state index contributed by atoms with van der Waals surface area (Å²) in [6.07, 6.45) is 0. The predicted molar refractivity (Wildman–Crippen MR) is 61.9 cm³/mol. The third-order valence-corrected chi connectivity index (χ3v) is 2.44. The van der Waals surface area contributed by atoms with Crippen molar-refractivity contribution in [3.63, 3.8) is 0 Å². The van der Waals surface area contributed by atoms with Gasteiger partial charge in [-0.05, 0) is 6.07 Å². The summed E-state index contributed by atoms with van der Waals surface area (Å²) in [5, 5.41) is 3.16. The van der Waals surface area contributed by atoms with E-state index in [-0.39, 0.29) is 10.9 Å². The van der Waals surface area contributed by atoms with Crippen LogP contribution in [0.5, 0.6) is 0 Å². The fourth-order valence-corrected chi connectivity index (χ4v) is 1.76. The maximum absolute atomic E-state index is 13.7. The first kappa shape index (κ1) is 11.7. The summed E-state index contributed by atoms with van der Waals surface area (Å²) in [6.45, 7) is 0.294. The SMILES string of the molecule is CNc1cc(COC)nc2cc(F)cc(F)c12. The molecule has 1 N–H and O–H groups in total. The Hall–Kier alpha value is -1.75. The van der Waals surface area contributed by atoms with Gasteiger partial charge in [0.2, 0.25) is 0 Å². The third kappa shape index (κ3) is 2.19. The summed E-state index contributed by atoms with van der Waals surface area (Å²) in [6, 6.07) is 3.74. The number of nitrogens with zero attached hydrogens (tertiary/aromatic N) is 1. The van der Waals surface area contributed by atoms with Gasteiger partial charge in [0.25, 0.3) is 0 Å². The summed E-state index contributed by atoms with van der Waals surface area (Å²) in [5.74, 6) is -1.26. The molecule has 0 aliphatic rings. The molecule has 0 fully saturated rings. The van der Waals surface area contributed by atoms with Gasteiger partial charge in [-0.1, -0.05) is 0 Å². The van der Waals surface area contributed by atoms with Crippen LogP contribution in [-0.2, 0) is 11.3 Å². The van der Waals surface area contributed by atoms with Crippen LogP contribution in [0.1, 0.15) is 5.69 Å². The number of benzene rings is 1. The molecular formula is C12H12F2N2O. The van der Waals surface area contributed by atoms with Gasteiger partial charge in [0.1, 0.15) is 11.6 Å². The molecule has 3 nitrogen and oxygen atoms in total. The smallest absolute Gasteiger partial charge is 0.137 e. The Kier molecular flexibility index (Phi) is 3.19. The number of methoxy groups -OCH3 is 1. The molecule has 1 heterocycles. The fourth-order valence-electron chi connectivity index (χ4n) is 1.76. The number of rotatable bonds is 3. The van der Waals surface area contributed by atoms with E-state index in [2.05, 4.69) is 10.3 Å². The number of fused-ring (bicyclic) bond motifs is 1. The van der Waals surface area contributed by atoms with E-state index >= 15 is 0 Å². The Balaban J connectivity index is 2.73. The molecule has 0 amide bonds. The van der Waals surface area contributed by atoms with Gasteiger partial charge >= 0.3 is 0 Å². The molecule has 0 aliphatic heterocycles. The van der Waals surface area contributed by atoms with Gasteiger partial charge in [0, 0.05) is 32.0 Å². The van der Waals surface area contributed by atoms with Gasteiger partial charge in [-0.15, -0.1) is 0 Å². The van der Waals surface area contributed by atoms with E-state index in [4.69, 9.17) is 4.74 Å². The maximum Gasteiger partial charge on any atom is 0.137 e. The third-order valence-electron chi connectivity index (χ3n) is 2.44. The Labute approximate surface area is 97.4 Å². The van der Waals surface area contributed by atoms with Crippen molar-refractivity contribution >= 4 is 16.6 Å². The second kappa shape index (κ2) is 4.63. The molecule has 1 aromatic carbocycles. The van der Waals surface area contributed by atoms with Gasteiger partial charge in [0.05, 0.1) is 23.2 Å². The number of nitrogens with one attached hydrogen (secondary N) is 1. The quantitative estimate of drug-likeness (QED) is 0.892. The number of halogens is 2. The lowest BCUT2D eigenvalue weighted by Gasteiger charge is -2.09. The minimum atomic E-state index is -0.640. The zero-order valence-electron chi connectivity index (χ0n) is 9.55. The van der Waals surface area contributed by atoms with Gasteiger partial charge in [-0.2, -0.15) is 0 Å². The minimum absolute atomic E-state index is 0.279. The molecule has 1 aromatic heterocycles. The van der Waals surface area contributed by atoms with E-state index in [0.717, 1.165) is 6.07 Å². The number of hydrogen-bond donors (Lipinski definition) is 1. The first-order valence-electron chi connectivity index (χ1n) is 5.11. The van der Waals surface area contributed by atoms with Crippen LogP contribution < -0.4 is 5.32 Å². The Bertz CT molecular complexity index is 558. The number of anilines is 1. The molecule has 90 valence electrons. The second-order valence-corrected chi connectivity index (χ2v) is 3.63. The molecule has 0 saturated carbocycles. The molecule has 0 aliphatic carbocycles. The van der Waals surface area contributed by atoms with Crippen molar-refractivity contribution in [2.24, 2.45) is 0 Å². The van der Waals surface area contributed by atoms with Crippen molar-refractivity contribution in [3.05, 3.63) is 35.5 Å². The van der Waals surface area contributed by atoms with Gasteiger partial charge in [0.15, 0.2) is 0 Å². The number of aromatic nitrogens is 1. The van der Waals surface area contributed by atoms with Crippen molar-refractivity contribution in [2.45, 2.75) is 6.61 Å². The molecule has 0 saturated heterocycles. The van der Waals surface area contributed by atoms with Crippen molar-refractivity contribution in [3.8, 4) is 0 Å². The zero-order valence-corrected chi connectivity index (χ0v) is 9.55. The van der Waals surface area contributed by atoms with Gasteiger partial charge in [-0.25, -0.2) is 13.8 Å². The molecule has 2 rings (SSSR count). The summed E-state index contributed by atoms with van der Waals surface area (Å²) in [5.41, 5.74) is 1.47. The van der Waals surface area contributed by atoms with E-state index < -0.39 is 11.6 Å². The average molecular weight is 238 g/mol. The monoisotopic (exact) mass is 238 g/mol. The molecule has 5 heteroatoms. The average Bonchev–Trinajstić information content (AvgIpc) is 2.27. The lowest BCUT2D eigenvalue weighted by Crippen LogP contribution is -1.99. The number of ether oxygens (including phenoxy) is 1. The first-order chi connectivity index (χ1) is 8.15. The van der Waals surface area contributed by atoms with Crippen LogP contribution in [0, 0.1) is 11.6 Å². The van der Waals surface area contributed by atoms with E-state index in [1.165, 1.54) is 13.2 Å². The standard InChI is InChI=1S/C12H12F2N2O/c1-15-10-5-8(6-17-2)16-11-4-7(13)3-9(14)12(10)11/h3-5H,6H2,1-2H3,(H,15,16). The molecule has 0 spiro atoms. The summed E-state index contributed by atoms with van der Waals surface area (Å²) < 4.78 is 31.7. The highest BCUT2D eigenvalue weighted by Gasteiger charge is 2.11. The van der Waals surface area contributed by atoms with Crippen LogP contribution in [0.15, 0.2) is 18.2 Å². The molecule has 0 radical (unpaired) electrons. The highest BCUT2D eigenvalue weighted by atomic mass is 19.1. The number of pyridine rings is 1. The maximum atomic E-state index is 13.7. The van der Waals surface area contributed by atoms with Crippen LogP contribution in [0.2, 0.25) is 0 Å². The van der Waals surface area contributed by atoms with Crippen LogP contribution in [0.4, 0.5) is 14.5 Å². The van der Waals surface area contributed by atoms with E-state index in [1.807, 2.05) is 0 Å². The number of hydrogen-bond acceptors (Lipinski definition) is 3. The first-order valence-corrected chi connectivity index (χ1v) is 5.11. The van der Waals surface area contributed by atoms with Crippen LogP contribution in [-0.4, -0.2) is 19.1 Å². The van der Waals surface area contributed by atoms with Crippen LogP contribution in [0.3, 0.4) is 0 Å². The summed E-state index contributed by atoms with van der Waals surface area (Å²) in [7, 11) is 3.21. The van der Waals surface area contributed by atoms with Gasteiger partial charge in [-0.3, -0.25) is 0 Å². The molecule has 0 unspecified atom stereocenters. The molecule has 17 heavy (non-hydrogen) atoms. The highest BCUT2D eigenvalue weighted by Crippen LogP contribution is 2.26. The molecule has 2 aromatic rings. The highest BCUT2D eigenvalue weighted by molar-refractivity contribution is 5.92. The van der Waals surface area contributed by atoms with Crippen molar-refractivity contribution < 1.29 is 13.5 Å². The second-order valence-electron chi connectivity index (χ2n) is 3.63. The lowest BCUT2D eigenvalue weighted by molar-refractivity contribution is 0.182.